The van der Waals surface area contributed by atoms with Crippen LogP contribution >= 0.6 is 0 Å². The summed E-state index contributed by atoms with van der Waals surface area (Å²) in [6, 6.07) is 21.9. The highest BCUT2D eigenvalue weighted by molar-refractivity contribution is 7.92. The topological polar surface area (TPSA) is 96.0 Å². The van der Waals surface area contributed by atoms with Crippen molar-refractivity contribution in [3.8, 4) is 5.75 Å². The summed E-state index contributed by atoms with van der Waals surface area (Å²) in [4.78, 5) is 29.0. The SMILES string of the molecule is CC[C@@H](C(=O)NC(C)(C)C)N(CCc1ccccc1)C(=O)CN(c1ccc(OC)cc1)S(=O)(=O)c1ccc(C)cc1. The van der Waals surface area contributed by atoms with Crippen LogP contribution < -0.4 is 14.4 Å². The fraction of sp³-hybridized carbons (Fsp3) is 0.375. The first-order valence-electron chi connectivity index (χ1n) is 13.7. The number of methoxy groups -OCH3 is 1. The quantitative estimate of drug-likeness (QED) is 0.327. The second kappa shape index (κ2) is 13.7. The molecule has 0 fully saturated rings. The molecule has 8 nitrogen and oxygen atoms in total. The molecule has 9 heteroatoms. The molecule has 0 saturated heterocycles. The van der Waals surface area contributed by atoms with Crippen molar-refractivity contribution >= 4 is 27.5 Å². The first kappa shape index (κ1) is 31.7. The van der Waals surface area contributed by atoms with E-state index in [1.54, 1.807) is 36.4 Å². The number of ether oxygens (including phenoxy) is 1. The first-order valence-corrected chi connectivity index (χ1v) is 15.2. The van der Waals surface area contributed by atoms with Crippen LogP contribution in [0.2, 0.25) is 0 Å². The third kappa shape index (κ3) is 8.57. The zero-order valence-electron chi connectivity index (χ0n) is 24.8. The number of carbonyl (C=O) groups is 2. The molecule has 0 heterocycles. The van der Waals surface area contributed by atoms with E-state index in [1.165, 1.54) is 24.1 Å². The molecule has 0 aliphatic carbocycles. The minimum absolute atomic E-state index is 0.0695. The van der Waals surface area contributed by atoms with Crippen LogP contribution in [0.25, 0.3) is 0 Å². The summed E-state index contributed by atoms with van der Waals surface area (Å²) in [5.41, 5.74) is 1.74. The lowest BCUT2D eigenvalue weighted by Crippen LogP contribution is -2.56. The molecular weight excluding hydrogens is 538 g/mol. The lowest BCUT2D eigenvalue weighted by Gasteiger charge is -2.34. The Hall–Kier alpha value is -3.85. The minimum Gasteiger partial charge on any atom is -0.497 e. The van der Waals surface area contributed by atoms with Crippen LogP contribution in [0.5, 0.6) is 5.75 Å². The van der Waals surface area contributed by atoms with Gasteiger partial charge in [-0.3, -0.25) is 13.9 Å². The number of carbonyl (C=O) groups excluding carboxylic acids is 2. The van der Waals surface area contributed by atoms with Crippen LogP contribution in [0.15, 0.2) is 83.8 Å². The van der Waals surface area contributed by atoms with E-state index in [4.69, 9.17) is 4.74 Å². The van der Waals surface area contributed by atoms with Crippen molar-refractivity contribution in [2.75, 3.05) is 24.5 Å². The van der Waals surface area contributed by atoms with Gasteiger partial charge in [0.2, 0.25) is 11.8 Å². The Morgan fingerprint density at radius 3 is 2.07 bits per heavy atom. The zero-order valence-corrected chi connectivity index (χ0v) is 25.6. The molecule has 3 aromatic rings. The lowest BCUT2D eigenvalue weighted by atomic mass is 10.1. The van der Waals surface area contributed by atoms with Gasteiger partial charge in [0.1, 0.15) is 18.3 Å². The average Bonchev–Trinajstić information content (AvgIpc) is 2.93. The number of sulfonamides is 1. The summed E-state index contributed by atoms with van der Waals surface area (Å²) >= 11 is 0. The number of nitrogens with one attached hydrogen (secondary N) is 1. The number of rotatable bonds is 12. The van der Waals surface area contributed by atoms with Crippen molar-refractivity contribution in [2.24, 2.45) is 0 Å². The average molecular weight is 580 g/mol. The van der Waals surface area contributed by atoms with Crippen molar-refractivity contribution in [1.29, 1.82) is 0 Å². The molecule has 1 N–H and O–H groups in total. The van der Waals surface area contributed by atoms with E-state index in [0.29, 0.717) is 24.3 Å². The Bertz CT molecular complexity index is 1400. The second-order valence-corrected chi connectivity index (χ2v) is 12.9. The first-order chi connectivity index (χ1) is 19.4. The molecule has 0 aromatic heterocycles. The van der Waals surface area contributed by atoms with E-state index in [0.717, 1.165) is 15.4 Å². The smallest absolute Gasteiger partial charge is 0.264 e. The maximum absolute atomic E-state index is 14.1. The minimum atomic E-state index is -4.12. The summed E-state index contributed by atoms with van der Waals surface area (Å²) in [5.74, 6) is -0.190. The van der Waals surface area contributed by atoms with Crippen molar-refractivity contribution in [1.82, 2.24) is 10.2 Å². The Morgan fingerprint density at radius 2 is 1.54 bits per heavy atom. The molecular formula is C32H41N3O5S. The van der Waals surface area contributed by atoms with E-state index in [2.05, 4.69) is 5.32 Å². The van der Waals surface area contributed by atoms with Crippen LogP contribution in [-0.2, 0) is 26.0 Å². The van der Waals surface area contributed by atoms with Gasteiger partial charge in [-0.1, -0.05) is 55.0 Å². The molecule has 1 atom stereocenters. The standard InChI is InChI=1S/C32H41N3O5S/c1-7-29(31(37)33-32(3,4)5)34(22-21-25-11-9-8-10-12-25)30(36)23-35(26-15-17-27(40-6)18-16-26)41(38,39)28-19-13-24(2)14-20-28/h8-20,29H,7,21-23H2,1-6H3,(H,33,37)/t29-/m0/s1. The third-order valence-electron chi connectivity index (χ3n) is 6.62. The number of hydrogen-bond donors (Lipinski definition) is 1. The van der Waals surface area contributed by atoms with E-state index in [1.807, 2.05) is 65.0 Å². The molecule has 2 amide bonds. The number of anilines is 1. The van der Waals surface area contributed by atoms with Crippen LogP contribution in [0.4, 0.5) is 5.69 Å². The van der Waals surface area contributed by atoms with Gasteiger partial charge in [-0.15, -0.1) is 0 Å². The molecule has 0 radical (unpaired) electrons. The number of benzene rings is 3. The molecule has 0 aliphatic rings. The Labute approximate surface area is 244 Å². The van der Waals surface area contributed by atoms with Gasteiger partial charge in [-0.2, -0.15) is 0 Å². The van der Waals surface area contributed by atoms with Gasteiger partial charge in [-0.25, -0.2) is 8.42 Å². The molecule has 3 rings (SSSR count). The summed E-state index contributed by atoms with van der Waals surface area (Å²) < 4.78 is 34.2. The molecule has 0 aliphatic heterocycles. The molecule has 41 heavy (non-hydrogen) atoms. The summed E-state index contributed by atoms with van der Waals surface area (Å²) in [6.07, 6.45) is 0.884. The van der Waals surface area contributed by atoms with Gasteiger partial charge < -0.3 is 15.0 Å². The fourth-order valence-corrected chi connectivity index (χ4v) is 5.88. The molecule has 0 saturated carbocycles. The fourth-order valence-electron chi connectivity index (χ4n) is 4.46. The maximum Gasteiger partial charge on any atom is 0.264 e. The third-order valence-corrected chi connectivity index (χ3v) is 8.40. The van der Waals surface area contributed by atoms with Crippen LogP contribution in [0.3, 0.4) is 0 Å². The van der Waals surface area contributed by atoms with Gasteiger partial charge in [0, 0.05) is 12.1 Å². The van der Waals surface area contributed by atoms with E-state index >= 15 is 0 Å². The molecule has 0 spiro atoms. The monoisotopic (exact) mass is 579 g/mol. The van der Waals surface area contributed by atoms with Gasteiger partial charge in [0.05, 0.1) is 17.7 Å². The second-order valence-electron chi connectivity index (χ2n) is 11.0. The van der Waals surface area contributed by atoms with Gasteiger partial charge in [-0.05, 0) is 82.5 Å². The van der Waals surface area contributed by atoms with E-state index < -0.39 is 34.1 Å². The molecule has 220 valence electrons. The molecule has 3 aromatic carbocycles. The van der Waals surface area contributed by atoms with E-state index in [-0.39, 0.29) is 17.3 Å². The predicted molar refractivity (Wildman–Crippen MR) is 163 cm³/mol. The number of amides is 2. The Morgan fingerprint density at radius 1 is 0.927 bits per heavy atom. The summed E-state index contributed by atoms with van der Waals surface area (Å²) in [7, 11) is -2.60. The summed E-state index contributed by atoms with van der Waals surface area (Å²) in [6.45, 7) is 9.14. The molecule has 0 bridgehead atoms. The van der Waals surface area contributed by atoms with Crippen LogP contribution in [0.1, 0.15) is 45.2 Å². The zero-order chi connectivity index (χ0) is 30.2. The maximum atomic E-state index is 14.1. The Balaban J connectivity index is 2.02. The van der Waals surface area contributed by atoms with Crippen molar-refractivity contribution in [3.63, 3.8) is 0 Å². The van der Waals surface area contributed by atoms with E-state index in [9.17, 15) is 18.0 Å². The largest absolute Gasteiger partial charge is 0.497 e. The Kier molecular flexibility index (Phi) is 10.6. The summed E-state index contributed by atoms with van der Waals surface area (Å²) in [5, 5.41) is 2.98. The normalized spacial score (nSPS) is 12.3. The predicted octanol–water partition coefficient (Wildman–Crippen LogP) is 4.96. The number of nitrogens with zero attached hydrogens (tertiary/aromatic N) is 2. The van der Waals surface area contributed by atoms with Crippen molar-refractivity contribution < 1.29 is 22.7 Å². The van der Waals surface area contributed by atoms with Crippen molar-refractivity contribution in [3.05, 3.63) is 90.0 Å². The highest BCUT2D eigenvalue weighted by atomic mass is 32.2. The highest BCUT2D eigenvalue weighted by Gasteiger charge is 2.34. The number of aryl methyl sites for hydroxylation is 1. The van der Waals surface area contributed by atoms with Gasteiger partial charge in [0.25, 0.3) is 10.0 Å². The van der Waals surface area contributed by atoms with Crippen molar-refractivity contribution in [2.45, 2.75) is 63.9 Å². The van der Waals surface area contributed by atoms with Gasteiger partial charge >= 0.3 is 0 Å². The van der Waals surface area contributed by atoms with Crippen LogP contribution in [-0.4, -0.2) is 56.9 Å². The highest BCUT2D eigenvalue weighted by Crippen LogP contribution is 2.27. The van der Waals surface area contributed by atoms with Crippen LogP contribution in [0, 0.1) is 6.92 Å². The lowest BCUT2D eigenvalue weighted by molar-refractivity contribution is -0.140. The molecule has 0 unspecified atom stereocenters. The number of hydrogen-bond acceptors (Lipinski definition) is 5. The van der Waals surface area contributed by atoms with Gasteiger partial charge in [0.15, 0.2) is 0 Å².